The van der Waals surface area contributed by atoms with Crippen LogP contribution in [0.4, 0.5) is 16.0 Å². The molecule has 4 N–H and O–H groups in total. The molecule has 4 rings (SSSR count). The van der Waals surface area contributed by atoms with E-state index < -0.39 is 0 Å². The molecular formula is C18H15FN6O. The van der Waals surface area contributed by atoms with Crippen LogP contribution >= 0.6 is 0 Å². The van der Waals surface area contributed by atoms with E-state index >= 15 is 0 Å². The maximum Gasteiger partial charge on any atom is 0.257 e. The lowest BCUT2D eigenvalue weighted by Gasteiger charge is -2.04. The number of hydrogen-bond donors (Lipinski definition) is 4. The molecule has 0 saturated heterocycles. The van der Waals surface area contributed by atoms with Crippen molar-refractivity contribution < 1.29 is 9.18 Å². The number of imidazole rings is 2. The Morgan fingerprint density at radius 2 is 2.00 bits per heavy atom. The molecule has 1 amide bonds. The van der Waals surface area contributed by atoms with E-state index in [4.69, 9.17) is 0 Å². The maximum absolute atomic E-state index is 12.9. The highest BCUT2D eigenvalue weighted by Crippen LogP contribution is 2.20. The van der Waals surface area contributed by atoms with Crippen molar-refractivity contribution in [3.05, 3.63) is 72.1 Å². The van der Waals surface area contributed by atoms with Gasteiger partial charge in [0.25, 0.3) is 5.91 Å². The number of nitrogens with zero attached hydrogens (tertiary/aromatic N) is 2. The Balaban J connectivity index is 1.48. The molecule has 0 bridgehead atoms. The van der Waals surface area contributed by atoms with Gasteiger partial charge in [0.1, 0.15) is 5.82 Å². The molecule has 0 radical (unpaired) electrons. The van der Waals surface area contributed by atoms with E-state index in [0.29, 0.717) is 18.1 Å². The summed E-state index contributed by atoms with van der Waals surface area (Å²) in [6.45, 7) is 0.619. The molecule has 2 aromatic heterocycles. The number of carbonyl (C=O) groups excluding carboxylic acids is 1. The standard InChI is InChI=1S/C18H15FN6O/c19-12-3-1-11(2-4-12)17(26)25-18-23-15-6-5-13(7-16(15)24-18)21-9-14-8-20-10-22-14/h1-8,10,21H,9H2,(H,20,22)(H2,23,24,25,26). The van der Waals surface area contributed by atoms with E-state index in [2.05, 4.69) is 30.6 Å². The zero-order chi connectivity index (χ0) is 17.9. The second-order valence-electron chi connectivity index (χ2n) is 5.71. The number of carbonyl (C=O) groups is 1. The fraction of sp³-hybridized carbons (Fsp3) is 0.0556. The second kappa shape index (κ2) is 6.67. The van der Waals surface area contributed by atoms with E-state index in [9.17, 15) is 9.18 Å². The number of H-pyrrole nitrogens is 2. The summed E-state index contributed by atoms with van der Waals surface area (Å²) in [7, 11) is 0. The number of anilines is 2. The number of aromatic nitrogens is 4. The average Bonchev–Trinajstić information content (AvgIpc) is 3.29. The molecule has 0 aliphatic heterocycles. The summed E-state index contributed by atoms with van der Waals surface area (Å²) in [6.07, 6.45) is 3.38. The first kappa shape index (κ1) is 15.8. The van der Waals surface area contributed by atoms with Gasteiger partial charge < -0.3 is 15.3 Å². The van der Waals surface area contributed by atoms with Crippen LogP contribution in [-0.2, 0) is 6.54 Å². The van der Waals surface area contributed by atoms with Crippen molar-refractivity contribution in [3.8, 4) is 0 Å². The van der Waals surface area contributed by atoms with E-state index in [1.807, 2.05) is 18.2 Å². The van der Waals surface area contributed by atoms with Crippen molar-refractivity contribution in [2.24, 2.45) is 0 Å². The Labute approximate surface area is 147 Å². The summed E-state index contributed by atoms with van der Waals surface area (Å²) >= 11 is 0. The van der Waals surface area contributed by atoms with Crippen LogP contribution in [0.15, 0.2) is 55.0 Å². The predicted molar refractivity (Wildman–Crippen MR) is 96.4 cm³/mol. The van der Waals surface area contributed by atoms with Crippen LogP contribution in [0.5, 0.6) is 0 Å². The van der Waals surface area contributed by atoms with Crippen LogP contribution < -0.4 is 10.6 Å². The SMILES string of the molecule is O=C(Nc1nc2ccc(NCc3cnc[nH]3)cc2[nH]1)c1ccc(F)cc1. The number of aromatic amines is 2. The van der Waals surface area contributed by atoms with Gasteiger partial charge in [0, 0.05) is 17.4 Å². The average molecular weight is 350 g/mol. The Morgan fingerprint density at radius 3 is 2.77 bits per heavy atom. The molecule has 2 aromatic carbocycles. The van der Waals surface area contributed by atoms with Crippen LogP contribution in [0.2, 0.25) is 0 Å². The van der Waals surface area contributed by atoms with E-state index in [1.54, 1.807) is 12.5 Å². The first-order valence-corrected chi connectivity index (χ1v) is 7.95. The molecule has 0 saturated carbocycles. The van der Waals surface area contributed by atoms with Gasteiger partial charge in [-0.15, -0.1) is 0 Å². The summed E-state index contributed by atoms with van der Waals surface area (Å²) in [5, 5.41) is 5.96. The largest absolute Gasteiger partial charge is 0.379 e. The van der Waals surface area contributed by atoms with Crippen molar-refractivity contribution in [3.63, 3.8) is 0 Å². The molecule has 8 heteroatoms. The molecule has 0 spiro atoms. The fourth-order valence-electron chi connectivity index (χ4n) is 2.54. The zero-order valence-corrected chi connectivity index (χ0v) is 13.6. The van der Waals surface area contributed by atoms with Gasteiger partial charge in [-0.3, -0.25) is 10.1 Å². The molecule has 130 valence electrons. The summed E-state index contributed by atoms with van der Waals surface area (Å²) < 4.78 is 12.9. The van der Waals surface area contributed by atoms with Crippen LogP contribution in [0.1, 0.15) is 16.1 Å². The van der Waals surface area contributed by atoms with Gasteiger partial charge in [0.05, 0.1) is 29.6 Å². The third-order valence-electron chi connectivity index (χ3n) is 3.86. The van der Waals surface area contributed by atoms with E-state index in [0.717, 1.165) is 22.4 Å². The van der Waals surface area contributed by atoms with E-state index in [-0.39, 0.29) is 11.7 Å². The number of benzene rings is 2. The van der Waals surface area contributed by atoms with Gasteiger partial charge in [-0.05, 0) is 42.5 Å². The Kier molecular flexibility index (Phi) is 4.06. The lowest BCUT2D eigenvalue weighted by Crippen LogP contribution is -2.12. The Morgan fingerprint density at radius 1 is 1.15 bits per heavy atom. The second-order valence-corrected chi connectivity index (χ2v) is 5.71. The summed E-state index contributed by atoms with van der Waals surface area (Å²) in [6, 6.07) is 11.0. The van der Waals surface area contributed by atoms with Crippen molar-refractivity contribution in [2.75, 3.05) is 10.6 Å². The smallest absolute Gasteiger partial charge is 0.257 e. The van der Waals surface area contributed by atoms with Crippen LogP contribution in [-0.4, -0.2) is 25.8 Å². The highest BCUT2D eigenvalue weighted by atomic mass is 19.1. The minimum Gasteiger partial charge on any atom is -0.379 e. The van der Waals surface area contributed by atoms with Crippen LogP contribution in [0, 0.1) is 5.82 Å². The fourth-order valence-corrected chi connectivity index (χ4v) is 2.54. The van der Waals surface area contributed by atoms with Crippen molar-refractivity contribution in [1.82, 2.24) is 19.9 Å². The van der Waals surface area contributed by atoms with Crippen molar-refractivity contribution in [2.45, 2.75) is 6.54 Å². The number of nitrogens with one attached hydrogen (secondary N) is 4. The highest BCUT2D eigenvalue weighted by molar-refractivity contribution is 6.04. The van der Waals surface area contributed by atoms with Crippen molar-refractivity contribution in [1.29, 1.82) is 0 Å². The maximum atomic E-state index is 12.9. The minimum atomic E-state index is -0.388. The molecule has 0 aliphatic carbocycles. The predicted octanol–water partition coefficient (Wildman–Crippen LogP) is 3.29. The molecule has 0 unspecified atom stereocenters. The molecular weight excluding hydrogens is 335 g/mol. The molecule has 7 nitrogen and oxygen atoms in total. The van der Waals surface area contributed by atoms with Crippen molar-refractivity contribution >= 4 is 28.6 Å². The quantitative estimate of drug-likeness (QED) is 0.444. The van der Waals surface area contributed by atoms with Gasteiger partial charge in [0.15, 0.2) is 0 Å². The molecule has 0 atom stereocenters. The third-order valence-corrected chi connectivity index (χ3v) is 3.86. The lowest BCUT2D eigenvalue weighted by molar-refractivity contribution is 0.102. The molecule has 2 heterocycles. The summed E-state index contributed by atoms with van der Waals surface area (Å²) in [4.78, 5) is 26.6. The number of halogens is 1. The number of rotatable bonds is 5. The Bertz CT molecular complexity index is 1040. The van der Waals surface area contributed by atoms with Gasteiger partial charge in [-0.2, -0.15) is 0 Å². The topological polar surface area (TPSA) is 98.5 Å². The summed E-state index contributed by atoms with van der Waals surface area (Å²) in [5.41, 5.74) is 3.75. The molecule has 26 heavy (non-hydrogen) atoms. The minimum absolute atomic E-state index is 0.333. The molecule has 0 aliphatic rings. The number of amides is 1. The zero-order valence-electron chi connectivity index (χ0n) is 13.6. The van der Waals surface area contributed by atoms with Gasteiger partial charge in [-0.25, -0.2) is 14.4 Å². The van der Waals surface area contributed by atoms with Gasteiger partial charge in [0.2, 0.25) is 5.95 Å². The van der Waals surface area contributed by atoms with E-state index in [1.165, 1.54) is 24.3 Å². The van der Waals surface area contributed by atoms with Crippen LogP contribution in [0.3, 0.4) is 0 Å². The van der Waals surface area contributed by atoms with Gasteiger partial charge in [-0.1, -0.05) is 0 Å². The number of fused-ring (bicyclic) bond motifs is 1. The third kappa shape index (κ3) is 3.39. The first-order chi connectivity index (χ1) is 12.7. The summed E-state index contributed by atoms with van der Waals surface area (Å²) in [5.74, 6) is -0.415. The lowest BCUT2D eigenvalue weighted by atomic mass is 10.2. The highest BCUT2D eigenvalue weighted by Gasteiger charge is 2.10. The Hall–Kier alpha value is -3.68. The monoisotopic (exact) mass is 350 g/mol. The molecule has 0 fully saturated rings. The number of hydrogen-bond acceptors (Lipinski definition) is 4. The molecule has 4 aromatic rings. The van der Waals surface area contributed by atoms with Gasteiger partial charge >= 0.3 is 0 Å². The van der Waals surface area contributed by atoms with Crippen LogP contribution in [0.25, 0.3) is 11.0 Å². The normalized spacial score (nSPS) is 10.8. The first-order valence-electron chi connectivity index (χ1n) is 7.95.